The van der Waals surface area contributed by atoms with Crippen molar-refractivity contribution in [3.05, 3.63) is 16.1 Å². The molecule has 1 aromatic heterocycles. The van der Waals surface area contributed by atoms with Crippen LogP contribution >= 0.6 is 11.3 Å². The molecule has 0 bridgehead atoms. The fraction of sp³-hybridized carbons (Fsp3) is 0.429. The number of aromatic nitrogens is 1. The van der Waals surface area contributed by atoms with Gasteiger partial charge in [-0.2, -0.15) is 0 Å². The Labute approximate surface area is 69.3 Å². The molecule has 1 heterocycles. The summed E-state index contributed by atoms with van der Waals surface area (Å²) in [5.41, 5.74) is 7.86. The second kappa shape index (κ2) is 3.11. The maximum Gasteiger partial charge on any atom is 0.191 e. The summed E-state index contributed by atoms with van der Waals surface area (Å²) in [5.74, 6) is -0.0231. The Balaban J connectivity index is 2.93. The fourth-order valence-corrected chi connectivity index (χ4v) is 1.59. The molecule has 11 heavy (non-hydrogen) atoms. The molecule has 0 spiro atoms. The molecule has 60 valence electrons. The minimum Gasteiger partial charge on any atom is -0.321 e. The maximum atomic E-state index is 11.3. The Morgan fingerprint density at radius 3 is 2.82 bits per heavy atom. The van der Waals surface area contributed by atoms with Crippen LogP contribution in [0.15, 0.2) is 5.51 Å². The number of hydrogen-bond acceptors (Lipinski definition) is 4. The minimum absolute atomic E-state index is 0.0231. The Hall–Kier alpha value is -0.740. The molecule has 1 aromatic rings. The van der Waals surface area contributed by atoms with Crippen LogP contribution in [0.5, 0.6) is 0 Å². The summed E-state index contributed by atoms with van der Waals surface area (Å²) in [6.45, 7) is 3.49. The molecule has 0 aliphatic carbocycles. The zero-order valence-electron chi connectivity index (χ0n) is 6.50. The van der Waals surface area contributed by atoms with Gasteiger partial charge in [-0.05, 0) is 13.8 Å². The van der Waals surface area contributed by atoms with Gasteiger partial charge in [-0.25, -0.2) is 4.98 Å². The van der Waals surface area contributed by atoms with Crippen molar-refractivity contribution in [3.8, 4) is 0 Å². The normalized spacial score (nSPS) is 13.0. The van der Waals surface area contributed by atoms with E-state index in [4.69, 9.17) is 5.73 Å². The van der Waals surface area contributed by atoms with Crippen LogP contribution in [0.4, 0.5) is 0 Å². The lowest BCUT2D eigenvalue weighted by Gasteiger charge is -2.00. The standard InChI is InChI=1S/C7H10N2OS/c1-4(8)6(10)7-5(2)9-3-11-7/h3-4H,8H2,1-2H3/t4-/m0/s1. The van der Waals surface area contributed by atoms with Crippen LogP contribution < -0.4 is 5.73 Å². The van der Waals surface area contributed by atoms with Crippen molar-refractivity contribution in [2.24, 2.45) is 5.73 Å². The highest BCUT2D eigenvalue weighted by Gasteiger charge is 2.14. The second-order valence-electron chi connectivity index (χ2n) is 2.42. The fourth-order valence-electron chi connectivity index (χ4n) is 0.745. The van der Waals surface area contributed by atoms with E-state index in [0.717, 1.165) is 5.69 Å². The van der Waals surface area contributed by atoms with Crippen molar-refractivity contribution in [2.45, 2.75) is 19.9 Å². The topological polar surface area (TPSA) is 56.0 Å². The van der Waals surface area contributed by atoms with E-state index in [1.807, 2.05) is 6.92 Å². The molecule has 3 nitrogen and oxygen atoms in total. The SMILES string of the molecule is Cc1ncsc1C(=O)[C@H](C)N. The van der Waals surface area contributed by atoms with E-state index in [0.29, 0.717) is 4.88 Å². The number of carbonyl (C=O) groups excluding carboxylic acids is 1. The molecule has 0 aromatic carbocycles. The molecular formula is C7H10N2OS. The van der Waals surface area contributed by atoms with Gasteiger partial charge in [0.2, 0.25) is 0 Å². The molecule has 2 N–H and O–H groups in total. The molecule has 0 saturated carbocycles. The van der Waals surface area contributed by atoms with E-state index in [-0.39, 0.29) is 5.78 Å². The lowest BCUT2D eigenvalue weighted by Crippen LogP contribution is -2.26. The van der Waals surface area contributed by atoms with Gasteiger partial charge in [-0.15, -0.1) is 11.3 Å². The van der Waals surface area contributed by atoms with Gasteiger partial charge < -0.3 is 5.73 Å². The van der Waals surface area contributed by atoms with Crippen LogP contribution in [0.1, 0.15) is 22.3 Å². The zero-order chi connectivity index (χ0) is 8.43. The van der Waals surface area contributed by atoms with Crippen molar-refractivity contribution in [2.75, 3.05) is 0 Å². The number of carbonyl (C=O) groups is 1. The average molecular weight is 170 g/mol. The van der Waals surface area contributed by atoms with Crippen molar-refractivity contribution in [3.63, 3.8) is 0 Å². The number of Topliss-reactive ketones (excluding diaryl/α,β-unsaturated/α-hetero) is 1. The van der Waals surface area contributed by atoms with Crippen molar-refractivity contribution in [1.82, 2.24) is 4.98 Å². The average Bonchev–Trinajstić information content (AvgIpc) is 2.33. The van der Waals surface area contributed by atoms with Gasteiger partial charge in [0.15, 0.2) is 5.78 Å². The van der Waals surface area contributed by atoms with E-state index in [2.05, 4.69) is 4.98 Å². The van der Waals surface area contributed by atoms with Gasteiger partial charge in [0.25, 0.3) is 0 Å². The third kappa shape index (κ3) is 1.64. The van der Waals surface area contributed by atoms with Crippen LogP contribution in [0.2, 0.25) is 0 Å². The lowest BCUT2D eigenvalue weighted by atomic mass is 10.2. The monoisotopic (exact) mass is 170 g/mol. The molecule has 1 rings (SSSR count). The first-order valence-electron chi connectivity index (χ1n) is 3.33. The number of aryl methyl sites for hydroxylation is 1. The minimum atomic E-state index is -0.422. The molecule has 0 saturated heterocycles. The summed E-state index contributed by atoms with van der Waals surface area (Å²) in [6, 6.07) is -0.422. The number of hydrogen-bond donors (Lipinski definition) is 1. The van der Waals surface area contributed by atoms with Crippen molar-refractivity contribution in [1.29, 1.82) is 0 Å². The first kappa shape index (κ1) is 8.36. The molecule has 0 aliphatic heterocycles. The first-order valence-corrected chi connectivity index (χ1v) is 4.20. The van der Waals surface area contributed by atoms with Crippen molar-refractivity contribution >= 4 is 17.1 Å². The number of ketones is 1. The van der Waals surface area contributed by atoms with Crippen LogP contribution in [0, 0.1) is 6.92 Å². The molecule has 4 heteroatoms. The van der Waals surface area contributed by atoms with Gasteiger partial charge in [0.1, 0.15) is 0 Å². The third-order valence-electron chi connectivity index (χ3n) is 1.38. The number of nitrogens with two attached hydrogens (primary N) is 1. The Kier molecular flexibility index (Phi) is 2.36. The van der Waals surface area contributed by atoms with Gasteiger partial charge in [-0.3, -0.25) is 4.79 Å². The zero-order valence-corrected chi connectivity index (χ0v) is 7.31. The van der Waals surface area contributed by atoms with Gasteiger partial charge in [0, 0.05) is 0 Å². The summed E-state index contributed by atoms with van der Waals surface area (Å²) >= 11 is 1.35. The molecule has 0 fully saturated rings. The van der Waals surface area contributed by atoms with Gasteiger partial charge in [0.05, 0.1) is 22.1 Å². The predicted octanol–water partition coefficient (Wildman–Crippen LogP) is 0.981. The highest BCUT2D eigenvalue weighted by molar-refractivity contribution is 7.12. The van der Waals surface area contributed by atoms with E-state index < -0.39 is 6.04 Å². The van der Waals surface area contributed by atoms with Crippen LogP contribution in [0.3, 0.4) is 0 Å². The first-order chi connectivity index (χ1) is 5.13. The molecule has 0 amide bonds. The highest BCUT2D eigenvalue weighted by Crippen LogP contribution is 2.13. The summed E-state index contributed by atoms with van der Waals surface area (Å²) in [5, 5.41) is 0. The molecule has 0 aliphatic rings. The second-order valence-corrected chi connectivity index (χ2v) is 3.27. The summed E-state index contributed by atoms with van der Waals surface area (Å²) < 4.78 is 0. The molecular weight excluding hydrogens is 160 g/mol. The third-order valence-corrected chi connectivity index (χ3v) is 2.33. The van der Waals surface area contributed by atoms with Crippen LogP contribution in [-0.2, 0) is 0 Å². The Morgan fingerprint density at radius 2 is 2.45 bits per heavy atom. The quantitative estimate of drug-likeness (QED) is 0.673. The number of rotatable bonds is 2. The van der Waals surface area contributed by atoms with E-state index in [1.165, 1.54) is 11.3 Å². The summed E-state index contributed by atoms with van der Waals surface area (Å²) in [4.78, 5) is 15.9. The van der Waals surface area contributed by atoms with E-state index in [1.54, 1.807) is 12.4 Å². The number of nitrogens with zero attached hydrogens (tertiary/aromatic N) is 1. The Bertz CT molecular complexity index is 267. The maximum absolute atomic E-state index is 11.3. The predicted molar refractivity (Wildman–Crippen MR) is 44.8 cm³/mol. The van der Waals surface area contributed by atoms with E-state index in [9.17, 15) is 4.79 Å². The highest BCUT2D eigenvalue weighted by atomic mass is 32.1. The molecule has 0 radical (unpaired) electrons. The lowest BCUT2D eigenvalue weighted by molar-refractivity contribution is 0.0971. The Morgan fingerprint density at radius 1 is 1.82 bits per heavy atom. The van der Waals surface area contributed by atoms with Gasteiger partial charge >= 0.3 is 0 Å². The van der Waals surface area contributed by atoms with E-state index >= 15 is 0 Å². The molecule has 1 atom stereocenters. The molecule has 0 unspecified atom stereocenters. The largest absolute Gasteiger partial charge is 0.321 e. The number of thiazole rings is 1. The van der Waals surface area contributed by atoms with Crippen LogP contribution in [0.25, 0.3) is 0 Å². The van der Waals surface area contributed by atoms with Gasteiger partial charge in [-0.1, -0.05) is 0 Å². The smallest absolute Gasteiger partial charge is 0.191 e. The summed E-state index contributed by atoms with van der Waals surface area (Å²) in [7, 11) is 0. The van der Waals surface area contributed by atoms with Crippen LogP contribution in [-0.4, -0.2) is 16.8 Å². The van der Waals surface area contributed by atoms with Crippen molar-refractivity contribution < 1.29 is 4.79 Å². The summed E-state index contributed by atoms with van der Waals surface area (Å²) in [6.07, 6.45) is 0.